The van der Waals surface area contributed by atoms with E-state index in [1.54, 1.807) is 11.0 Å². The molecule has 0 unspecified atom stereocenters. The van der Waals surface area contributed by atoms with Gasteiger partial charge in [0.1, 0.15) is 0 Å². The lowest BCUT2D eigenvalue weighted by Gasteiger charge is -2.16. The van der Waals surface area contributed by atoms with Crippen LogP contribution in [0, 0.1) is 0 Å². The molecule has 30 heavy (non-hydrogen) atoms. The standard InChI is InChI=1S/C19H23N5O3S3/c1-2-8-20-15(25)11-28-18-22-23-19(30-18)29-12-16(26)21-13-5-3-6-14(10-13)24-9-4-7-17(24)27/h3,5-6,10H,2,4,7-9,11-12H2,1H3,(H,20,25)(H,21,26). The molecule has 3 rings (SSSR count). The summed E-state index contributed by atoms with van der Waals surface area (Å²) in [5, 5.41) is 13.8. The topological polar surface area (TPSA) is 104 Å². The molecule has 0 saturated carbocycles. The monoisotopic (exact) mass is 465 g/mol. The number of nitrogens with zero attached hydrogens (tertiary/aromatic N) is 3. The van der Waals surface area contributed by atoms with Crippen LogP contribution in [0.5, 0.6) is 0 Å². The molecule has 1 aliphatic heterocycles. The maximum atomic E-state index is 12.3. The number of anilines is 2. The summed E-state index contributed by atoms with van der Waals surface area (Å²) >= 11 is 4.00. The van der Waals surface area contributed by atoms with Crippen molar-refractivity contribution in [2.45, 2.75) is 34.9 Å². The molecule has 1 aromatic heterocycles. The molecule has 1 saturated heterocycles. The number of hydrogen-bond donors (Lipinski definition) is 2. The van der Waals surface area contributed by atoms with E-state index in [0.29, 0.717) is 39.6 Å². The van der Waals surface area contributed by atoms with Crippen LogP contribution in [0.3, 0.4) is 0 Å². The Morgan fingerprint density at radius 2 is 1.90 bits per heavy atom. The molecular formula is C19H23N5O3S3. The molecule has 2 aromatic rings. The van der Waals surface area contributed by atoms with Gasteiger partial charge in [-0.25, -0.2) is 0 Å². The second kappa shape index (κ2) is 11.3. The van der Waals surface area contributed by atoms with Gasteiger partial charge in [0, 0.05) is 30.9 Å². The highest BCUT2D eigenvalue weighted by molar-refractivity contribution is 8.03. The Morgan fingerprint density at radius 3 is 2.57 bits per heavy atom. The van der Waals surface area contributed by atoms with Crippen LogP contribution in [-0.2, 0) is 14.4 Å². The first-order chi connectivity index (χ1) is 14.5. The van der Waals surface area contributed by atoms with Crippen molar-refractivity contribution in [2.24, 2.45) is 0 Å². The maximum absolute atomic E-state index is 12.3. The summed E-state index contributed by atoms with van der Waals surface area (Å²) in [7, 11) is 0. The highest BCUT2D eigenvalue weighted by Crippen LogP contribution is 2.29. The predicted molar refractivity (Wildman–Crippen MR) is 121 cm³/mol. The van der Waals surface area contributed by atoms with Crippen molar-refractivity contribution in [3.63, 3.8) is 0 Å². The van der Waals surface area contributed by atoms with Crippen LogP contribution in [0.1, 0.15) is 26.2 Å². The summed E-state index contributed by atoms with van der Waals surface area (Å²) in [6.45, 7) is 3.38. The zero-order valence-corrected chi connectivity index (χ0v) is 19.0. The van der Waals surface area contributed by atoms with Crippen LogP contribution in [-0.4, -0.2) is 52.5 Å². The number of carbonyl (C=O) groups is 3. The normalized spacial score (nSPS) is 13.5. The fraction of sp³-hybridized carbons (Fsp3) is 0.421. The van der Waals surface area contributed by atoms with Gasteiger partial charge in [-0.2, -0.15) is 0 Å². The Hall–Kier alpha value is -2.11. The molecule has 8 nitrogen and oxygen atoms in total. The molecule has 2 N–H and O–H groups in total. The zero-order chi connectivity index (χ0) is 21.3. The third-order valence-corrected chi connectivity index (χ3v) is 7.32. The molecular weight excluding hydrogens is 442 g/mol. The van der Waals surface area contributed by atoms with Gasteiger partial charge in [0.05, 0.1) is 11.5 Å². The van der Waals surface area contributed by atoms with E-state index in [1.165, 1.54) is 34.9 Å². The fourth-order valence-electron chi connectivity index (χ4n) is 2.75. The Kier molecular flexibility index (Phi) is 8.52. The molecule has 1 fully saturated rings. The molecule has 0 aliphatic carbocycles. The van der Waals surface area contributed by atoms with E-state index in [4.69, 9.17) is 0 Å². The van der Waals surface area contributed by atoms with Gasteiger partial charge in [-0.05, 0) is 31.0 Å². The van der Waals surface area contributed by atoms with Crippen molar-refractivity contribution in [1.82, 2.24) is 15.5 Å². The lowest BCUT2D eigenvalue weighted by atomic mass is 10.2. The van der Waals surface area contributed by atoms with Crippen LogP contribution >= 0.6 is 34.9 Å². The van der Waals surface area contributed by atoms with E-state index in [9.17, 15) is 14.4 Å². The van der Waals surface area contributed by atoms with Crippen molar-refractivity contribution in [1.29, 1.82) is 0 Å². The van der Waals surface area contributed by atoms with Crippen molar-refractivity contribution in [3.05, 3.63) is 24.3 Å². The van der Waals surface area contributed by atoms with Crippen LogP contribution in [0.15, 0.2) is 32.9 Å². The van der Waals surface area contributed by atoms with Crippen molar-refractivity contribution in [2.75, 3.05) is 34.8 Å². The summed E-state index contributed by atoms with van der Waals surface area (Å²) in [5.74, 6) is 0.428. The molecule has 2 heterocycles. The van der Waals surface area contributed by atoms with E-state index in [1.807, 2.05) is 25.1 Å². The van der Waals surface area contributed by atoms with Gasteiger partial charge in [0.2, 0.25) is 17.7 Å². The molecule has 160 valence electrons. The number of aromatic nitrogens is 2. The van der Waals surface area contributed by atoms with E-state index < -0.39 is 0 Å². The minimum Gasteiger partial charge on any atom is -0.355 e. The molecule has 0 radical (unpaired) electrons. The molecule has 0 atom stereocenters. The SMILES string of the molecule is CCCNC(=O)CSc1nnc(SCC(=O)Nc2cccc(N3CCCC3=O)c2)s1. The van der Waals surface area contributed by atoms with Crippen LogP contribution in [0.25, 0.3) is 0 Å². The third kappa shape index (κ3) is 6.71. The van der Waals surface area contributed by atoms with Gasteiger partial charge in [-0.1, -0.05) is 47.9 Å². The third-order valence-electron chi connectivity index (χ3n) is 4.13. The maximum Gasteiger partial charge on any atom is 0.234 e. The number of rotatable bonds is 10. The number of amides is 3. The van der Waals surface area contributed by atoms with E-state index in [0.717, 1.165) is 18.5 Å². The van der Waals surface area contributed by atoms with Crippen molar-refractivity contribution in [3.8, 4) is 0 Å². The molecule has 3 amide bonds. The predicted octanol–water partition coefficient (Wildman–Crippen LogP) is 3.01. The average molecular weight is 466 g/mol. The molecule has 1 aliphatic rings. The quantitative estimate of drug-likeness (QED) is 0.520. The van der Waals surface area contributed by atoms with Crippen LogP contribution in [0.4, 0.5) is 11.4 Å². The number of hydrogen-bond acceptors (Lipinski definition) is 8. The van der Waals surface area contributed by atoms with Crippen molar-refractivity contribution >= 4 is 64.0 Å². The second-order valence-corrected chi connectivity index (χ2v) is 9.93. The Morgan fingerprint density at radius 1 is 1.17 bits per heavy atom. The Labute approximate surface area is 187 Å². The van der Waals surface area contributed by atoms with Crippen LogP contribution < -0.4 is 15.5 Å². The van der Waals surface area contributed by atoms with Gasteiger partial charge in [0.15, 0.2) is 8.68 Å². The van der Waals surface area contributed by atoms with E-state index in [-0.39, 0.29) is 23.5 Å². The molecule has 11 heteroatoms. The van der Waals surface area contributed by atoms with Crippen LogP contribution in [0.2, 0.25) is 0 Å². The van der Waals surface area contributed by atoms with Gasteiger partial charge in [-0.15, -0.1) is 10.2 Å². The highest BCUT2D eigenvalue weighted by Gasteiger charge is 2.21. The molecule has 0 spiro atoms. The van der Waals surface area contributed by atoms with E-state index in [2.05, 4.69) is 20.8 Å². The summed E-state index contributed by atoms with van der Waals surface area (Å²) in [5.41, 5.74) is 1.46. The molecule has 1 aromatic carbocycles. The average Bonchev–Trinajstić information content (AvgIpc) is 3.38. The van der Waals surface area contributed by atoms with Crippen molar-refractivity contribution < 1.29 is 14.4 Å². The first-order valence-corrected chi connectivity index (χ1v) is 12.4. The summed E-state index contributed by atoms with van der Waals surface area (Å²) in [6.07, 6.45) is 2.33. The summed E-state index contributed by atoms with van der Waals surface area (Å²) < 4.78 is 1.38. The highest BCUT2D eigenvalue weighted by atomic mass is 32.2. The van der Waals surface area contributed by atoms with Gasteiger partial charge in [-0.3, -0.25) is 14.4 Å². The lowest BCUT2D eigenvalue weighted by Crippen LogP contribution is -2.25. The number of carbonyl (C=O) groups excluding carboxylic acids is 3. The smallest absolute Gasteiger partial charge is 0.234 e. The minimum atomic E-state index is -0.159. The first-order valence-electron chi connectivity index (χ1n) is 9.61. The Bertz CT molecular complexity index is 905. The number of nitrogens with one attached hydrogen (secondary N) is 2. The van der Waals surface area contributed by atoms with Gasteiger partial charge >= 0.3 is 0 Å². The number of thioether (sulfide) groups is 2. The zero-order valence-electron chi connectivity index (χ0n) is 16.6. The fourth-order valence-corrected chi connectivity index (χ4v) is 5.40. The first kappa shape index (κ1) is 22.6. The Balaban J connectivity index is 1.44. The molecule has 0 bridgehead atoms. The largest absolute Gasteiger partial charge is 0.355 e. The van der Waals surface area contributed by atoms with Gasteiger partial charge in [0.25, 0.3) is 0 Å². The summed E-state index contributed by atoms with van der Waals surface area (Å²) in [6, 6.07) is 7.32. The second-order valence-electron chi connectivity index (χ2n) is 6.51. The lowest BCUT2D eigenvalue weighted by molar-refractivity contribution is -0.118. The van der Waals surface area contributed by atoms with E-state index >= 15 is 0 Å². The van der Waals surface area contributed by atoms with Gasteiger partial charge < -0.3 is 15.5 Å². The minimum absolute atomic E-state index is 0.0245. The number of benzene rings is 1. The summed E-state index contributed by atoms with van der Waals surface area (Å²) in [4.78, 5) is 37.6.